The third-order valence-electron chi connectivity index (χ3n) is 4.30. The largest absolute Gasteiger partial charge is 0.313 e. The topological polar surface area (TPSA) is 15.3 Å². The zero-order chi connectivity index (χ0) is 13.0. The third kappa shape index (κ3) is 3.33. The number of hydrogen-bond donors (Lipinski definition) is 1. The van der Waals surface area contributed by atoms with Gasteiger partial charge in [-0.05, 0) is 52.4 Å². The molecule has 0 amide bonds. The molecule has 0 bridgehead atoms. The quantitative estimate of drug-likeness (QED) is 0.829. The molecule has 0 aliphatic heterocycles. The fraction of sp³-hybridized carbons (Fsp3) is 0.625. The van der Waals surface area contributed by atoms with Crippen molar-refractivity contribution in [2.24, 2.45) is 0 Å². The predicted octanol–water partition coefficient (Wildman–Crippen LogP) is 3.13. The summed E-state index contributed by atoms with van der Waals surface area (Å²) in [4.78, 5) is 2.53. The smallest absolute Gasteiger partial charge is 0.0329 e. The monoisotopic (exact) mass is 246 g/mol. The summed E-state index contributed by atoms with van der Waals surface area (Å²) >= 11 is 0. The Morgan fingerprint density at radius 3 is 2.44 bits per heavy atom. The molecule has 2 heteroatoms. The molecule has 18 heavy (non-hydrogen) atoms. The SMILES string of the molecule is CNC(CCN(C)C1CCC1)c1ccc(C)cc1. The second-order valence-corrected chi connectivity index (χ2v) is 5.61. The van der Waals surface area contributed by atoms with Gasteiger partial charge in [0, 0.05) is 12.1 Å². The first-order valence-electron chi connectivity index (χ1n) is 7.15. The summed E-state index contributed by atoms with van der Waals surface area (Å²) in [6.07, 6.45) is 5.39. The van der Waals surface area contributed by atoms with E-state index < -0.39 is 0 Å². The first kappa shape index (κ1) is 13.6. The molecule has 0 spiro atoms. The molecule has 1 aliphatic rings. The second kappa shape index (κ2) is 6.35. The zero-order valence-electron chi connectivity index (χ0n) is 11.9. The van der Waals surface area contributed by atoms with E-state index in [1.807, 2.05) is 0 Å². The van der Waals surface area contributed by atoms with Gasteiger partial charge in [0.05, 0.1) is 0 Å². The van der Waals surface area contributed by atoms with E-state index in [1.54, 1.807) is 0 Å². The van der Waals surface area contributed by atoms with Crippen molar-refractivity contribution in [2.75, 3.05) is 20.6 Å². The van der Waals surface area contributed by atoms with Gasteiger partial charge in [-0.1, -0.05) is 36.2 Å². The Morgan fingerprint density at radius 2 is 1.94 bits per heavy atom. The molecule has 0 aromatic heterocycles. The highest BCUT2D eigenvalue weighted by Gasteiger charge is 2.22. The Morgan fingerprint density at radius 1 is 1.28 bits per heavy atom. The molecule has 1 aromatic carbocycles. The number of nitrogens with one attached hydrogen (secondary N) is 1. The van der Waals surface area contributed by atoms with Crippen LogP contribution in [0.1, 0.15) is 42.9 Å². The maximum absolute atomic E-state index is 3.44. The van der Waals surface area contributed by atoms with Gasteiger partial charge < -0.3 is 10.2 Å². The first-order valence-corrected chi connectivity index (χ1v) is 7.15. The van der Waals surface area contributed by atoms with Crippen LogP contribution in [0.25, 0.3) is 0 Å². The summed E-state index contributed by atoms with van der Waals surface area (Å²) in [5, 5.41) is 3.44. The van der Waals surface area contributed by atoms with Gasteiger partial charge in [-0.15, -0.1) is 0 Å². The van der Waals surface area contributed by atoms with Crippen LogP contribution in [-0.4, -0.2) is 31.6 Å². The molecule has 2 nitrogen and oxygen atoms in total. The van der Waals surface area contributed by atoms with E-state index in [1.165, 1.54) is 43.4 Å². The van der Waals surface area contributed by atoms with Crippen LogP contribution < -0.4 is 5.32 Å². The van der Waals surface area contributed by atoms with Crippen molar-refractivity contribution in [3.05, 3.63) is 35.4 Å². The summed E-state index contributed by atoms with van der Waals surface area (Å²) in [5.74, 6) is 0. The van der Waals surface area contributed by atoms with Crippen molar-refractivity contribution in [2.45, 2.75) is 44.7 Å². The average Bonchev–Trinajstić information content (AvgIpc) is 2.30. The van der Waals surface area contributed by atoms with Crippen molar-refractivity contribution in [1.29, 1.82) is 0 Å². The van der Waals surface area contributed by atoms with Crippen LogP contribution in [-0.2, 0) is 0 Å². The summed E-state index contributed by atoms with van der Waals surface area (Å²) in [6.45, 7) is 3.33. The second-order valence-electron chi connectivity index (χ2n) is 5.61. The number of aryl methyl sites for hydroxylation is 1. The minimum atomic E-state index is 0.480. The molecule has 1 N–H and O–H groups in total. The summed E-state index contributed by atoms with van der Waals surface area (Å²) in [6, 6.07) is 10.2. The Bertz CT molecular complexity index is 354. The number of nitrogens with zero attached hydrogens (tertiary/aromatic N) is 1. The lowest BCUT2D eigenvalue weighted by molar-refractivity contribution is 0.153. The number of rotatable bonds is 6. The van der Waals surface area contributed by atoms with Gasteiger partial charge in [0.25, 0.3) is 0 Å². The maximum atomic E-state index is 3.44. The molecule has 0 radical (unpaired) electrons. The fourth-order valence-electron chi connectivity index (χ4n) is 2.62. The average molecular weight is 246 g/mol. The van der Waals surface area contributed by atoms with Gasteiger partial charge in [0.2, 0.25) is 0 Å². The normalized spacial score (nSPS) is 17.8. The van der Waals surface area contributed by atoms with Crippen molar-refractivity contribution < 1.29 is 0 Å². The van der Waals surface area contributed by atoms with Gasteiger partial charge in [0.1, 0.15) is 0 Å². The lowest BCUT2D eigenvalue weighted by Gasteiger charge is -2.35. The van der Waals surface area contributed by atoms with Crippen LogP contribution in [0, 0.1) is 6.92 Å². The first-order chi connectivity index (χ1) is 8.70. The fourth-order valence-corrected chi connectivity index (χ4v) is 2.62. The van der Waals surface area contributed by atoms with Crippen molar-refractivity contribution in [1.82, 2.24) is 10.2 Å². The van der Waals surface area contributed by atoms with Crippen LogP contribution in [0.5, 0.6) is 0 Å². The van der Waals surface area contributed by atoms with Crippen LogP contribution in [0.4, 0.5) is 0 Å². The molecule has 0 saturated heterocycles. The van der Waals surface area contributed by atoms with Crippen molar-refractivity contribution in [3.8, 4) is 0 Å². The van der Waals surface area contributed by atoms with Crippen molar-refractivity contribution >= 4 is 0 Å². The maximum Gasteiger partial charge on any atom is 0.0329 e. The third-order valence-corrected chi connectivity index (χ3v) is 4.30. The summed E-state index contributed by atoms with van der Waals surface area (Å²) < 4.78 is 0. The van der Waals surface area contributed by atoms with Gasteiger partial charge in [-0.2, -0.15) is 0 Å². The molecule has 1 atom stereocenters. The summed E-state index contributed by atoms with van der Waals surface area (Å²) in [7, 11) is 4.33. The summed E-state index contributed by atoms with van der Waals surface area (Å²) in [5.41, 5.74) is 2.74. The molecule has 1 aromatic rings. The minimum Gasteiger partial charge on any atom is -0.313 e. The highest BCUT2D eigenvalue weighted by molar-refractivity contribution is 5.24. The molecular formula is C16H26N2. The number of benzene rings is 1. The van der Waals surface area contributed by atoms with Gasteiger partial charge >= 0.3 is 0 Å². The molecule has 100 valence electrons. The van der Waals surface area contributed by atoms with Crippen LogP contribution >= 0.6 is 0 Å². The Kier molecular flexibility index (Phi) is 4.79. The van der Waals surface area contributed by atoms with Crippen LogP contribution in [0.15, 0.2) is 24.3 Å². The Labute approximate surface area is 111 Å². The van der Waals surface area contributed by atoms with Gasteiger partial charge in [0.15, 0.2) is 0 Å². The lowest BCUT2D eigenvalue weighted by Crippen LogP contribution is -2.38. The van der Waals surface area contributed by atoms with Crippen LogP contribution in [0.2, 0.25) is 0 Å². The van der Waals surface area contributed by atoms with E-state index in [9.17, 15) is 0 Å². The Balaban J connectivity index is 1.86. The van der Waals surface area contributed by atoms with E-state index in [0.717, 1.165) is 6.04 Å². The van der Waals surface area contributed by atoms with Gasteiger partial charge in [-0.25, -0.2) is 0 Å². The zero-order valence-corrected chi connectivity index (χ0v) is 11.9. The molecule has 2 rings (SSSR count). The van der Waals surface area contributed by atoms with E-state index in [4.69, 9.17) is 0 Å². The van der Waals surface area contributed by atoms with E-state index in [0.29, 0.717) is 6.04 Å². The highest BCUT2D eigenvalue weighted by Crippen LogP contribution is 2.25. The van der Waals surface area contributed by atoms with E-state index in [2.05, 4.69) is 55.5 Å². The van der Waals surface area contributed by atoms with Gasteiger partial charge in [-0.3, -0.25) is 0 Å². The number of hydrogen-bond acceptors (Lipinski definition) is 2. The van der Waals surface area contributed by atoms with Crippen molar-refractivity contribution in [3.63, 3.8) is 0 Å². The molecular weight excluding hydrogens is 220 g/mol. The van der Waals surface area contributed by atoms with E-state index >= 15 is 0 Å². The molecule has 1 unspecified atom stereocenters. The standard InChI is InChI=1S/C16H26N2/c1-13-7-9-14(10-8-13)16(17-2)11-12-18(3)15-5-4-6-15/h7-10,15-17H,4-6,11-12H2,1-3H3. The molecule has 0 heterocycles. The molecule has 1 saturated carbocycles. The lowest BCUT2D eigenvalue weighted by atomic mass is 9.91. The van der Waals surface area contributed by atoms with E-state index in [-0.39, 0.29) is 0 Å². The molecule has 1 aliphatic carbocycles. The van der Waals surface area contributed by atoms with Crippen LogP contribution in [0.3, 0.4) is 0 Å². The minimum absolute atomic E-state index is 0.480. The molecule has 1 fully saturated rings. The highest BCUT2D eigenvalue weighted by atomic mass is 15.1. The predicted molar refractivity (Wildman–Crippen MR) is 77.9 cm³/mol. The Hall–Kier alpha value is -0.860.